The molecule has 2 nitrogen and oxygen atoms in total. The lowest BCUT2D eigenvalue weighted by molar-refractivity contribution is 0.278. The first-order chi connectivity index (χ1) is 8.04. The number of aryl methyl sites for hydroxylation is 1. The van der Waals surface area contributed by atoms with E-state index in [2.05, 4.69) is 49.9 Å². The van der Waals surface area contributed by atoms with Crippen LogP contribution in [0.3, 0.4) is 0 Å². The molecule has 0 bridgehead atoms. The molecule has 1 fully saturated rings. The van der Waals surface area contributed by atoms with Gasteiger partial charge in [0.2, 0.25) is 0 Å². The molecule has 1 saturated heterocycles. The molecule has 1 atom stereocenters. The monoisotopic (exact) mass is 232 g/mol. The van der Waals surface area contributed by atoms with E-state index in [4.69, 9.17) is 5.73 Å². The highest BCUT2D eigenvalue weighted by Crippen LogP contribution is 2.36. The first-order valence-electron chi connectivity index (χ1n) is 6.58. The molecular formula is C15H24N2. The molecule has 0 amide bonds. The fourth-order valence-electron chi connectivity index (χ4n) is 3.05. The van der Waals surface area contributed by atoms with E-state index in [1.807, 2.05) is 0 Å². The van der Waals surface area contributed by atoms with Gasteiger partial charge in [-0.3, -0.25) is 0 Å². The van der Waals surface area contributed by atoms with Gasteiger partial charge in [-0.15, -0.1) is 0 Å². The second-order valence-electron chi connectivity index (χ2n) is 5.85. The van der Waals surface area contributed by atoms with Gasteiger partial charge in [-0.1, -0.05) is 18.2 Å². The lowest BCUT2D eigenvalue weighted by Gasteiger charge is -2.47. The molecule has 0 aromatic heterocycles. The quantitative estimate of drug-likeness (QED) is 0.849. The molecule has 1 aromatic rings. The maximum atomic E-state index is 5.82. The first-order valence-corrected chi connectivity index (χ1v) is 6.58. The normalized spacial score (nSPS) is 23.8. The minimum Gasteiger partial charge on any atom is -0.366 e. The van der Waals surface area contributed by atoms with Crippen LogP contribution in [0.4, 0.5) is 5.69 Å². The third kappa shape index (κ3) is 2.47. The molecule has 0 saturated carbocycles. The maximum Gasteiger partial charge on any atom is 0.0400 e. The van der Waals surface area contributed by atoms with E-state index < -0.39 is 0 Å². The SMILES string of the molecule is Cc1ccccc1N1CCC(CN)CC1(C)C. The van der Waals surface area contributed by atoms with E-state index >= 15 is 0 Å². The predicted molar refractivity (Wildman–Crippen MR) is 74.4 cm³/mol. The zero-order valence-electron chi connectivity index (χ0n) is 11.2. The van der Waals surface area contributed by atoms with Crippen LogP contribution in [0.15, 0.2) is 24.3 Å². The molecule has 17 heavy (non-hydrogen) atoms. The van der Waals surface area contributed by atoms with E-state index in [-0.39, 0.29) is 5.54 Å². The standard InChI is InChI=1S/C15H24N2/c1-12-6-4-5-7-14(12)17-9-8-13(11-16)10-15(17,2)3/h4-7,13H,8-11,16H2,1-3H3. The van der Waals surface area contributed by atoms with Gasteiger partial charge in [-0.05, 0) is 57.7 Å². The number of nitrogens with two attached hydrogens (primary N) is 1. The van der Waals surface area contributed by atoms with Crippen LogP contribution in [-0.4, -0.2) is 18.6 Å². The summed E-state index contributed by atoms with van der Waals surface area (Å²) in [6.07, 6.45) is 2.41. The molecule has 2 rings (SSSR count). The van der Waals surface area contributed by atoms with Crippen LogP contribution in [0.25, 0.3) is 0 Å². The zero-order valence-corrected chi connectivity index (χ0v) is 11.2. The molecule has 0 spiro atoms. The fourth-order valence-corrected chi connectivity index (χ4v) is 3.05. The summed E-state index contributed by atoms with van der Waals surface area (Å²) in [5.41, 5.74) is 8.79. The molecule has 2 heteroatoms. The van der Waals surface area contributed by atoms with E-state index in [9.17, 15) is 0 Å². The zero-order chi connectivity index (χ0) is 12.5. The van der Waals surface area contributed by atoms with Gasteiger partial charge in [0.15, 0.2) is 0 Å². The molecular weight excluding hydrogens is 208 g/mol. The van der Waals surface area contributed by atoms with Crippen molar-refractivity contribution in [2.75, 3.05) is 18.0 Å². The van der Waals surface area contributed by atoms with Crippen molar-refractivity contribution >= 4 is 5.69 Å². The summed E-state index contributed by atoms with van der Waals surface area (Å²) in [6, 6.07) is 8.67. The topological polar surface area (TPSA) is 29.3 Å². The third-order valence-electron chi connectivity index (χ3n) is 4.02. The number of nitrogens with zero attached hydrogens (tertiary/aromatic N) is 1. The Morgan fingerprint density at radius 3 is 2.65 bits per heavy atom. The summed E-state index contributed by atoms with van der Waals surface area (Å²) in [7, 11) is 0. The average molecular weight is 232 g/mol. The average Bonchev–Trinajstić information content (AvgIpc) is 2.29. The number of hydrogen-bond acceptors (Lipinski definition) is 2. The highest BCUT2D eigenvalue weighted by Gasteiger charge is 2.34. The predicted octanol–water partition coefficient (Wildman–Crippen LogP) is 2.95. The number of hydrogen-bond donors (Lipinski definition) is 1. The van der Waals surface area contributed by atoms with Crippen molar-refractivity contribution in [1.82, 2.24) is 0 Å². The van der Waals surface area contributed by atoms with Crippen LogP contribution in [0.1, 0.15) is 32.3 Å². The summed E-state index contributed by atoms with van der Waals surface area (Å²) in [4.78, 5) is 2.55. The summed E-state index contributed by atoms with van der Waals surface area (Å²) in [6.45, 7) is 8.81. The Bertz CT molecular complexity index is 384. The number of para-hydroxylation sites is 1. The smallest absolute Gasteiger partial charge is 0.0400 e. The highest BCUT2D eigenvalue weighted by molar-refractivity contribution is 5.55. The van der Waals surface area contributed by atoms with E-state index in [0.29, 0.717) is 5.92 Å². The Morgan fingerprint density at radius 1 is 1.35 bits per heavy atom. The summed E-state index contributed by atoms with van der Waals surface area (Å²) in [5.74, 6) is 0.685. The second kappa shape index (κ2) is 4.69. The highest BCUT2D eigenvalue weighted by atomic mass is 15.2. The van der Waals surface area contributed by atoms with Crippen LogP contribution in [-0.2, 0) is 0 Å². The first kappa shape index (κ1) is 12.4. The van der Waals surface area contributed by atoms with Crippen molar-refractivity contribution in [3.05, 3.63) is 29.8 Å². The third-order valence-corrected chi connectivity index (χ3v) is 4.02. The lowest BCUT2D eigenvalue weighted by atomic mass is 9.82. The van der Waals surface area contributed by atoms with Gasteiger partial charge in [0.25, 0.3) is 0 Å². The van der Waals surface area contributed by atoms with Crippen LogP contribution >= 0.6 is 0 Å². The summed E-state index contributed by atoms with van der Waals surface area (Å²) < 4.78 is 0. The van der Waals surface area contributed by atoms with Crippen molar-refractivity contribution in [1.29, 1.82) is 0 Å². The van der Waals surface area contributed by atoms with Crippen molar-refractivity contribution < 1.29 is 0 Å². The van der Waals surface area contributed by atoms with Gasteiger partial charge >= 0.3 is 0 Å². The van der Waals surface area contributed by atoms with Gasteiger partial charge < -0.3 is 10.6 Å². The van der Waals surface area contributed by atoms with Gasteiger partial charge in [-0.25, -0.2) is 0 Å². The van der Waals surface area contributed by atoms with Crippen LogP contribution < -0.4 is 10.6 Å². The van der Waals surface area contributed by atoms with Crippen LogP contribution in [0.5, 0.6) is 0 Å². The van der Waals surface area contributed by atoms with E-state index in [1.165, 1.54) is 24.1 Å². The number of piperidine rings is 1. The molecule has 1 aliphatic heterocycles. The Kier molecular flexibility index (Phi) is 3.43. The largest absolute Gasteiger partial charge is 0.366 e. The summed E-state index contributed by atoms with van der Waals surface area (Å²) in [5, 5.41) is 0. The molecule has 1 aromatic carbocycles. The molecule has 94 valence electrons. The molecule has 1 unspecified atom stereocenters. The Morgan fingerprint density at radius 2 is 2.06 bits per heavy atom. The maximum absolute atomic E-state index is 5.82. The molecule has 1 aliphatic rings. The molecule has 1 heterocycles. The number of rotatable bonds is 2. The molecule has 2 N–H and O–H groups in total. The van der Waals surface area contributed by atoms with Crippen molar-refractivity contribution in [2.24, 2.45) is 11.7 Å². The summed E-state index contributed by atoms with van der Waals surface area (Å²) >= 11 is 0. The van der Waals surface area contributed by atoms with Crippen molar-refractivity contribution in [3.63, 3.8) is 0 Å². The van der Waals surface area contributed by atoms with Gasteiger partial charge in [-0.2, -0.15) is 0 Å². The van der Waals surface area contributed by atoms with Gasteiger partial charge in [0.1, 0.15) is 0 Å². The Labute approximate surface area is 105 Å². The lowest BCUT2D eigenvalue weighted by Crippen LogP contribution is -2.51. The Hall–Kier alpha value is -1.02. The minimum absolute atomic E-state index is 0.217. The number of benzene rings is 1. The van der Waals surface area contributed by atoms with Crippen molar-refractivity contribution in [2.45, 2.75) is 39.2 Å². The van der Waals surface area contributed by atoms with E-state index in [1.54, 1.807) is 0 Å². The van der Waals surface area contributed by atoms with Gasteiger partial charge in [0, 0.05) is 17.8 Å². The van der Waals surface area contributed by atoms with Crippen molar-refractivity contribution in [3.8, 4) is 0 Å². The van der Waals surface area contributed by atoms with Gasteiger partial charge in [0.05, 0.1) is 0 Å². The van der Waals surface area contributed by atoms with E-state index in [0.717, 1.165) is 13.1 Å². The fraction of sp³-hybridized carbons (Fsp3) is 0.600. The molecule has 0 radical (unpaired) electrons. The second-order valence-corrected chi connectivity index (χ2v) is 5.85. The minimum atomic E-state index is 0.217. The number of anilines is 1. The van der Waals surface area contributed by atoms with Crippen LogP contribution in [0, 0.1) is 12.8 Å². The Balaban J connectivity index is 2.25. The molecule has 0 aliphatic carbocycles. The van der Waals surface area contributed by atoms with Crippen LogP contribution in [0.2, 0.25) is 0 Å².